The molecule has 0 amide bonds. The Hall–Kier alpha value is -0.350. The molecule has 1 unspecified atom stereocenters. The quantitative estimate of drug-likeness (QED) is 0.820. The van der Waals surface area contributed by atoms with Gasteiger partial charge in [-0.1, -0.05) is 6.92 Å². The second-order valence-corrected chi connectivity index (χ2v) is 3.23. The Morgan fingerprint density at radius 3 is 2.82 bits per heavy atom. The highest BCUT2D eigenvalue weighted by atomic mass is 79.9. The lowest BCUT2D eigenvalue weighted by molar-refractivity contribution is 0.160. The zero-order valence-corrected chi connectivity index (χ0v) is 8.17. The first-order valence-electron chi connectivity index (χ1n) is 3.52. The van der Waals surface area contributed by atoms with Crippen molar-refractivity contribution < 1.29 is 5.11 Å². The molecule has 1 rings (SSSR count). The van der Waals surface area contributed by atoms with E-state index in [1.54, 1.807) is 6.20 Å². The highest BCUT2D eigenvalue weighted by Gasteiger charge is 2.11. The SMILES string of the molecule is CCC(O)c1ncc(Br)n1C. The molecule has 1 aromatic heterocycles. The van der Waals surface area contributed by atoms with E-state index in [4.69, 9.17) is 0 Å². The fraction of sp³-hybridized carbons (Fsp3) is 0.571. The maximum absolute atomic E-state index is 9.42. The normalized spacial score (nSPS) is 13.5. The van der Waals surface area contributed by atoms with Crippen molar-refractivity contribution in [2.75, 3.05) is 0 Å². The summed E-state index contributed by atoms with van der Waals surface area (Å²) in [4.78, 5) is 4.05. The molecule has 1 heterocycles. The van der Waals surface area contributed by atoms with Gasteiger partial charge in [-0.3, -0.25) is 0 Å². The number of aliphatic hydroxyl groups is 1. The van der Waals surface area contributed by atoms with Crippen molar-refractivity contribution in [3.05, 3.63) is 16.6 Å². The fourth-order valence-electron chi connectivity index (χ4n) is 0.894. The third-order valence-corrected chi connectivity index (χ3v) is 2.39. The third kappa shape index (κ3) is 1.62. The summed E-state index contributed by atoms with van der Waals surface area (Å²) in [5.74, 6) is 0.708. The van der Waals surface area contributed by atoms with Gasteiger partial charge < -0.3 is 9.67 Å². The number of hydrogen-bond donors (Lipinski definition) is 1. The van der Waals surface area contributed by atoms with E-state index in [1.807, 2.05) is 18.5 Å². The minimum Gasteiger partial charge on any atom is -0.385 e. The van der Waals surface area contributed by atoms with E-state index in [0.717, 1.165) is 4.60 Å². The summed E-state index contributed by atoms with van der Waals surface area (Å²) in [5.41, 5.74) is 0. The largest absolute Gasteiger partial charge is 0.385 e. The van der Waals surface area contributed by atoms with Gasteiger partial charge >= 0.3 is 0 Å². The first kappa shape index (κ1) is 8.74. The van der Waals surface area contributed by atoms with Crippen molar-refractivity contribution in [2.45, 2.75) is 19.4 Å². The Kier molecular flexibility index (Phi) is 2.67. The molecule has 3 nitrogen and oxygen atoms in total. The molecule has 0 bridgehead atoms. The van der Waals surface area contributed by atoms with E-state index in [1.165, 1.54) is 0 Å². The Morgan fingerprint density at radius 2 is 2.45 bits per heavy atom. The van der Waals surface area contributed by atoms with Crippen LogP contribution in [0.15, 0.2) is 10.8 Å². The molecule has 4 heteroatoms. The number of halogens is 1. The van der Waals surface area contributed by atoms with Gasteiger partial charge in [0, 0.05) is 7.05 Å². The molecule has 0 fully saturated rings. The van der Waals surface area contributed by atoms with Crippen LogP contribution in [0.3, 0.4) is 0 Å². The van der Waals surface area contributed by atoms with Gasteiger partial charge in [-0.15, -0.1) is 0 Å². The number of imidazole rings is 1. The zero-order chi connectivity index (χ0) is 8.43. The van der Waals surface area contributed by atoms with Gasteiger partial charge in [0.05, 0.1) is 6.20 Å². The molecule has 0 aromatic carbocycles. The Bertz CT molecular complexity index is 247. The molecule has 1 N–H and O–H groups in total. The van der Waals surface area contributed by atoms with Crippen LogP contribution < -0.4 is 0 Å². The summed E-state index contributed by atoms with van der Waals surface area (Å²) in [7, 11) is 1.87. The second-order valence-electron chi connectivity index (χ2n) is 2.42. The third-order valence-electron chi connectivity index (χ3n) is 1.65. The molecule has 1 atom stereocenters. The standard InChI is InChI=1S/C7H11BrN2O/c1-3-5(11)7-9-4-6(8)10(7)2/h4-5,11H,3H2,1-2H3. The predicted molar refractivity (Wildman–Crippen MR) is 46.2 cm³/mol. The average Bonchev–Trinajstić information content (AvgIpc) is 2.32. The molecule has 0 spiro atoms. The molecule has 0 aliphatic rings. The van der Waals surface area contributed by atoms with Gasteiger partial charge in [0.1, 0.15) is 16.5 Å². The van der Waals surface area contributed by atoms with Crippen molar-refractivity contribution >= 4 is 15.9 Å². The van der Waals surface area contributed by atoms with Gasteiger partial charge in [-0.2, -0.15) is 0 Å². The lowest BCUT2D eigenvalue weighted by atomic mass is 10.3. The van der Waals surface area contributed by atoms with Crippen molar-refractivity contribution in [1.82, 2.24) is 9.55 Å². The van der Waals surface area contributed by atoms with Crippen molar-refractivity contribution in [3.8, 4) is 0 Å². The van der Waals surface area contributed by atoms with E-state index in [9.17, 15) is 5.11 Å². The monoisotopic (exact) mass is 218 g/mol. The van der Waals surface area contributed by atoms with Crippen molar-refractivity contribution in [2.24, 2.45) is 7.05 Å². The number of aliphatic hydroxyl groups excluding tert-OH is 1. The van der Waals surface area contributed by atoms with E-state index in [0.29, 0.717) is 12.2 Å². The van der Waals surface area contributed by atoms with Crippen LogP contribution >= 0.6 is 15.9 Å². The summed E-state index contributed by atoms with van der Waals surface area (Å²) >= 11 is 3.30. The predicted octanol–water partition coefficient (Wildman–Crippen LogP) is 1.63. The van der Waals surface area contributed by atoms with Crippen LogP contribution in [0.2, 0.25) is 0 Å². The minimum absolute atomic E-state index is 0.453. The molecule has 0 aliphatic heterocycles. The Labute approximate surface area is 74.2 Å². The summed E-state index contributed by atoms with van der Waals surface area (Å²) in [6.07, 6.45) is 1.93. The zero-order valence-electron chi connectivity index (χ0n) is 6.58. The summed E-state index contributed by atoms with van der Waals surface area (Å²) in [6.45, 7) is 1.92. The second kappa shape index (κ2) is 3.36. The van der Waals surface area contributed by atoms with E-state index >= 15 is 0 Å². The molecule has 1 aromatic rings. The summed E-state index contributed by atoms with van der Waals surface area (Å²) in [6, 6.07) is 0. The molecule has 62 valence electrons. The van der Waals surface area contributed by atoms with Crippen LogP contribution in [0, 0.1) is 0 Å². The van der Waals surface area contributed by atoms with Gasteiger partial charge in [0.2, 0.25) is 0 Å². The minimum atomic E-state index is -0.453. The van der Waals surface area contributed by atoms with Crippen LogP contribution in [0.1, 0.15) is 25.3 Å². The molecule has 11 heavy (non-hydrogen) atoms. The van der Waals surface area contributed by atoms with Crippen LogP contribution in [0.4, 0.5) is 0 Å². The molecular formula is C7H11BrN2O. The highest BCUT2D eigenvalue weighted by Crippen LogP contribution is 2.18. The maximum Gasteiger partial charge on any atom is 0.138 e. The molecule has 0 saturated heterocycles. The van der Waals surface area contributed by atoms with Gasteiger partial charge in [-0.25, -0.2) is 4.98 Å². The van der Waals surface area contributed by atoms with Crippen molar-refractivity contribution in [1.29, 1.82) is 0 Å². The van der Waals surface area contributed by atoms with Crippen LogP contribution in [-0.4, -0.2) is 14.7 Å². The smallest absolute Gasteiger partial charge is 0.138 e. The molecule has 0 radical (unpaired) electrons. The first-order valence-corrected chi connectivity index (χ1v) is 4.31. The molecule has 0 aliphatic carbocycles. The van der Waals surface area contributed by atoms with Crippen molar-refractivity contribution in [3.63, 3.8) is 0 Å². The van der Waals surface area contributed by atoms with Gasteiger partial charge in [0.25, 0.3) is 0 Å². The maximum atomic E-state index is 9.42. The van der Waals surface area contributed by atoms with E-state index in [2.05, 4.69) is 20.9 Å². The van der Waals surface area contributed by atoms with Crippen LogP contribution in [0.25, 0.3) is 0 Å². The van der Waals surface area contributed by atoms with Gasteiger partial charge in [0.15, 0.2) is 0 Å². The fourth-order valence-corrected chi connectivity index (χ4v) is 1.18. The summed E-state index contributed by atoms with van der Waals surface area (Å²) < 4.78 is 2.72. The van der Waals surface area contributed by atoms with E-state index < -0.39 is 6.10 Å². The lowest BCUT2D eigenvalue weighted by Gasteiger charge is -2.07. The number of rotatable bonds is 2. The highest BCUT2D eigenvalue weighted by molar-refractivity contribution is 9.10. The van der Waals surface area contributed by atoms with E-state index in [-0.39, 0.29) is 0 Å². The first-order chi connectivity index (χ1) is 5.16. The lowest BCUT2D eigenvalue weighted by Crippen LogP contribution is -2.04. The number of aromatic nitrogens is 2. The Balaban J connectivity index is 2.94. The molecule has 0 saturated carbocycles. The van der Waals surface area contributed by atoms with Crippen LogP contribution in [0.5, 0.6) is 0 Å². The average molecular weight is 219 g/mol. The van der Waals surface area contributed by atoms with Crippen LogP contribution in [-0.2, 0) is 7.05 Å². The number of nitrogens with zero attached hydrogens (tertiary/aromatic N) is 2. The number of hydrogen-bond acceptors (Lipinski definition) is 2. The van der Waals surface area contributed by atoms with Gasteiger partial charge in [-0.05, 0) is 22.4 Å². The topological polar surface area (TPSA) is 38.1 Å². The summed E-state index contributed by atoms with van der Waals surface area (Å²) in [5, 5.41) is 9.42. The Morgan fingerprint density at radius 1 is 1.82 bits per heavy atom. The molecular weight excluding hydrogens is 208 g/mol.